The van der Waals surface area contributed by atoms with E-state index in [-0.39, 0.29) is 21.5 Å². The van der Waals surface area contributed by atoms with Crippen molar-refractivity contribution in [2.75, 3.05) is 12.8 Å². The molecule has 0 radical (unpaired) electrons. The van der Waals surface area contributed by atoms with Crippen LogP contribution < -0.4 is 5.32 Å². The number of nitrogens with one attached hydrogen (secondary N) is 1. The Morgan fingerprint density at radius 1 is 1.56 bits per heavy atom. The third-order valence-electron chi connectivity index (χ3n) is 2.07. The van der Waals surface area contributed by atoms with E-state index in [4.69, 9.17) is 11.6 Å². The van der Waals surface area contributed by atoms with Crippen LogP contribution in [0.1, 0.15) is 24.3 Å². The second-order valence-electron chi connectivity index (χ2n) is 3.87. The third kappa shape index (κ3) is 3.98. The van der Waals surface area contributed by atoms with Crippen LogP contribution in [0.15, 0.2) is 12.4 Å². The third-order valence-corrected chi connectivity index (χ3v) is 3.50. The smallest absolute Gasteiger partial charge is 0.271 e. The van der Waals surface area contributed by atoms with Crippen molar-refractivity contribution in [1.29, 1.82) is 0 Å². The summed E-state index contributed by atoms with van der Waals surface area (Å²) in [5, 5.41) is 3.02. The van der Waals surface area contributed by atoms with Crippen LogP contribution in [0.5, 0.6) is 0 Å². The summed E-state index contributed by atoms with van der Waals surface area (Å²) in [4.78, 5) is 19.4. The number of nitrogens with zero attached hydrogens (tertiary/aromatic N) is 2. The van der Waals surface area contributed by atoms with Gasteiger partial charge in [-0.05, 0) is 20.1 Å². The number of aromatic nitrogens is 2. The highest BCUT2D eigenvalue weighted by atomic mass is 35.5. The highest BCUT2D eigenvalue weighted by Gasteiger charge is 2.18. The Bertz CT molecular complexity index is 384. The van der Waals surface area contributed by atoms with Crippen molar-refractivity contribution in [2.45, 2.75) is 18.6 Å². The molecule has 6 heteroatoms. The molecule has 0 unspecified atom stereocenters. The molecule has 1 rings (SSSR count). The SMILES string of the molecule is CSC(C)(C)CNC(=O)c1cncc(Cl)n1. The van der Waals surface area contributed by atoms with Crippen LogP contribution in [-0.2, 0) is 0 Å². The summed E-state index contributed by atoms with van der Waals surface area (Å²) in [7, 11) is 0. The number of hydrogen-bond donors (Lipinski definition) is 1. The summed E-state index contributed by atoms with van der Waals surface area (Å²) in [5.41, 5.74) is 0.240. The van der Waals surface area contributed by atoms with Crippen LogP contribution in [0.3, 0.4) is 0 Å². The van der Waals surface area contributed by atoms with Gasteiger partial charge in [0.25, 0.3) is 5.91 Å². The molecule has 4 nitrogen and oxygen atoms in total. The van der Waals surface area contributed by atoms with Gasteiger partial charge in [-0.2, -0.15) is 11.8 Å². The number of hydrogen-bond acceptors (Lipinski definition) is 4. The molecule has 0 aliphatic rings. The quantitative estimate of drug-likeness (QED) is 0.899. The number of carbonyl (C=O) groups is 1. The normalized spacial score (nSPS) is 11.2. The second kappa shape index (κ2) is 5.50. The fourth-order valence-corrected chi connectivity index (χ4v) is 1.27. The predicted molar refractivity (Wildman–Crippen MR) is 67.0 cm³/mol. The van der Waals surface area contributed by atoms with E-state index in [1.165, 1.54) is 12.4 Å². The van der Waals surface area contributed by atoms with E-state index >= 15 is 0 Å². The van der Waals surface area contributed by atoms with E-state index in [9.17, 15) is 4.79 Å². The fraction of sp³-hybridized carbons (Fsp3) is 0.500. The van der Waals surface area contributed by atoms with Crippen molar-refractivity contribution in [3.63, 3.8) is 0 Å². The van der Waals surface area contributed by atoms with E-state index in [1.807, 2.05) is 6.26 Å². The van der Waals surface area contributed by atoms with Crippen LogP contribution in [0.4, 0.5) is 0 Å². The van der Waals surface area contributed by atoms with E-state index in [0.29, 0.717) is 6.54 Å². The van der Waals surface area contributed by atoms with Crippen LogP contribution in [0, 0.1) is 0 Å². The summed E-state index contributed by atoms with van der Waals surface area (Å²) >= 11 is 7.34. The second-order valence-corrected chi connectivity index (χ2v) is 5.77. The number of amides is 1. The number of rotatable bonds is 4. The Labute approximate surface area is 104 Å². The Morgan fingerprint density at radius 2 is 2.25 bits per heavy atom. The van der Waals surface area contributed by atoms with Crippen molar-refractivity contribution in [3.8, 4) is 0 Å². The molecule has 1 aromatic heterocycles. The molecule has 0 saturated heterocycles. The molecule has 0 spiro atoms. The molecule has 1 amide bonds. The van der Waals surface area contributed by atoms with Crippen LogP contribution in [0.25, 0.3) is 0 Å². The van der Waals surface area contributed by atoms with Gasteiger partial charge in [0.1, 0.15) is 10.8 Å². The lowest BCUT2D eigenvalue weighted by molar-refractivity contribution is 0.0945. The first-order valence-corrected chi connectivity index (χ1v) is 6.36. The first-order chi connectivity index (χ1) is 7.44. The van der Waals surface area contributed by atoms with Gasteiger partial charge in [-0.25, -0.2) is 4.98 Å². The van der Waals surface area contributed by atoms with Crippen molar-refractivity contribution in [1.82, 2.24) is 15.3 Å². The van der Waals surface area contributed by atoms with Gasteiger partial charge in [0.15, 0.2) is 0 Å². The minimum atomic E-state index is -0.253. The molecule has 0 bridgehead atoms. The average Bonchev–Trinajstić information content (AvgIpc) is 2.26. The Morgan fingerprint density at radius 3 is 2.81 bits per heavy atom. The number of carbonyl (C=O) groups excluding carboxylic acids is 1. The number of thioether (sulfide) groups is 1. The average molecular weight is 260 g/mol. The monoisotopic (exact) mass is 259 g/mol. The van der Waals surface area contributed by atoms with Gasteiger partial charge < -0.3 is 5.32 Å². The molecule has 16 heavy (non-hydrogen) atoms. The molecule has 0 aliphatic heterocycles. The summed E-state index contributed by atoms with van der Waals surface area (Å²) in [6.07, 6.45) is 4.79. The van der Waals surface area contributed by atoms with E-state index < -0.39 is 0 Å². The van der Waals surface area contributed by atoms with Crippen molar-refractivity contribution in [3.05, 3.63) is 23.2 Å². The first kappa shape index (κ1) is 13.3. The first-order valence-electron chi connectivity index (χ1n) is 4.75. The van der Waals surface area contributed by atoms with Crippen LogP contribution in [-0.4, -0.2) is 33.4 Å². The molecule has 0 aromatic carbocycles. The molecule has 0 fully saturated rings. The van der Waals surface area contributed by atoms with Crippen molar-refractivity contribution in [2.24, 2.45) is 0 Å². The zero-order chi connectivity index (χ0) is 12.2. The molecular formula is C10H14ClN3OS. The molecular weight excluding hydrogens is 246 g/mol. The minimum Gasteiger partial charge on any atom is -0.349 e. The summed E-state index contributed by atoms with van der Waals surface area (Å²) in [5.74, 6) is -0.253. The van der Waals surface area contributed by atoms with E-state index in [2.05, 4.69) is 29.1 Å². The maximum absolute atomic E-state index is 11.7. The summed E-state index contributed by atoms with van der Waals surface area (Å²) < 4.78 is 0.00165. The fourth-order valence-electron chi connectivity index (χ4n) is 0.907. The zero-order valence-electron chi connectivity index (χ0n) is 9.45. The Hall–Kier alpha value is -0.810. The Balaban J connectivity index is 2.60. The topological polar surface area (TPSA) is 54.9 Å². The molecule has 1 N–H and O–H groups in total. The highest BCUT2D eigenvalue weighted by molar-refractivity contribution is 7.99. The lowest BCUT2D eigenvalue weighted by Gasteiger charge is -2.21. The maximum Gasteiger partial charge on any atom is 0.271 e. The van der Waals surface area contributed by atoms with E-state index in [0.717, 1.165) is 0 Å². The predicted octanol–water partition coefficient (Wildman–Crippen LogP) is 2.00. The van der Waals surface area contributed by atoms with Gasteiger partial charge in [-0.15, -0.1) is 0 Å². The van der Waals surface area contributed by atoms with Gasteiger partial charge in [-0.1, -0.05) is 11.6 Å². The lowest BCUT2D eigenvalue weighted by atomic mass is 10.2. The van der Waals surface area contributed by atoms with Crippen molar-refractivity contribution >= 4 is 29.3 Å². The van der Waals surface area contributed by atoms with Gasteiger partial charge in [-0.3, -0.25) is 9.78 Å². The lowest BCUT2D eigenvalue weighted by Crippen LogP contribution is -2.36. The van der Waals surface area contributed by atoms with Crippen LogP contribution >= 0.6 is 23.4 Å². The van der Waals surface area contributed by atoms with Gasteiger partial charge in [0, 0.05) is 11.3 Å². The van der Waals surface area contributed by atoms with Gasteiger partial charge in [0.05, 0.1) is 12.4 Å². The molecule has 0 saturated carbocycles. The Kier molecular flexibility index (Phi) is 4.56. The molecule has 1 heterocycles. The van der Waals surface area contributed by atoms with E-state index in [1.54, 1.807) is 11.8 Å². The number of halogens is 1. The van der Waals surface area contributed by atoms with Crippen molar-refractivity contribution < 1.29 is 4.79 Å². The van der Waals surface area contributed by atoms with Crippen LogP contribution in [0.2, 0.25) is 5.15 Å². The summed E-state index contributed by atoms with van der Waals surface area (Å²) in [6, 6.07) is 0. The molecule has 0 atom stereocenters. The largest absolute Gasteiger partial charge is 0.349 e. The van der Waals surface area contributed by atoms with Gasteiger partial charge in [0.2, 0.25) is 0 Å². The molecule has 88 valence electrons. The van der Waals surface area contributed by atoms with Gasteiger partial charge >= 0.3 is 0 Å². The standard InChI is InChI=1S/C10H14ClN3OS/c1-10(2,16-3)6-13-9(15)7-4-12-5-8(11)14-7/h4-5H,6H2,1-3H3,(H,13,15). The minimum absolute atomic E-state index is 0.00165. The molecule has 0 aliphatic carbocycles. The highest BCUT2D eigenvalue weighted by Crippen LogP contribution is 2.19. The zero-order valence-corrected chi connectivity index (χ0v) is 11.0. The molecule has 1 aromatic rings. The maximum atomic E-state index is 11.7. The summed E-state index contributed by atoms with van der Waals surface area (Å²) in [6.45, 7) is 4.68.